The third kappa shape index (κ3) is 4.28. The van der Waals surface area contributed by atoms with Gasteiger partial charge in [0.05, 0.1) is 17.5 Å². The fourth-order valence-electron chi connectivity index (χ4n) is 4.74. The Labute approximate surface area is 209 Å². The molecule has 0 amide bonds. The highest BCUT2D eigenvalue weighted by atomic mass is 32.1. The van der Waals surface area contributed by atoms with E-state index >= 15 is 0 Å². The molecule has 180 valence electrons. The lowest BCUT2D eigenvalue weighted by Crippen LogP contribution is -2.42. The van der Waals surface area contributed by atoms with E-state index in [4.69, 9.17) is 15.0 Å². The Morgan fingerprint density at radius 1 is 1.23 bits per heavy atom. The SMILES string of the molecule is CCC1N=C2C(C)=NC(N3CCNCC3)=C2C=C1N(CC)c1nc(-c2ccc(F)cc2)c(C#N)s1. The van der Waals surface area contributed by atoms with Crippen LogP contribution in [0.4, 0.5) is 9.52 Å². The Morgan fingerprint density at radius 3 is 2.63 bits per heavy atom. The maximum Gasteiger partial charge on any atom is 0.191 e. The molecule has 2 aromatic rings. The number of hydrogen-bond donors (Lipinski definition) is 1. The number of aromatic nitrogens is 1. The third-order valence-electron chi connectivity index (χ3n) is 6.53. The van der Waals surface area contributed by atoms with Gasteiger partial charge in [0.25, 0.3) is 0 Å². The molecular formula is C26H28FN7S. The minimum absolute atomic E-state index is 0.0232. The molecule has 35 heavy (non-hydrogen) atoms. The first-order valence-corrected chi connectivity index (χ1v) is 12.9. The summed E-state index contributed by atoms with van der Waals surface area (Å²) < 4.78 is 13.5. The Bertz CT molecular complexity index is 1290. The highest BCUT2D eigenvalue weighted by molar-refractivity contribution is 7.16. The van der Waals surface area contributed by atoms with E-state index in [1.165, 1.54) is 23.5 Å². The second kappa shape index (κ2) is 9.72. The molecule has 1 aromatic heterocycles. The van der Waals surface area contributed by atoms with Crippen LogP contribution in [0.1, 0.15) is 32.1 Å². The first-order chi connectivity index (χ1) is 17.0. The predicted octanol–water partition coefficient (Wildman–Crippen LogP) is 4.36. The number of dihydropyridines is 1. The minimum Gasteiger partial charge on any atom is -0.353 e. The molecule has 5 rings (SSSR count). The smallest absolute Gasteiger partial charge is 0.191 e. The van der Waals surface area contributed by atoms with Crippen molar-refractivity contribution >= 4 is 27.9 Å². The third-order valence-corrected chi connectivity index (χ3v) is 7.51. The number of nitriles is 1. The molecule has 9 heteroatoms. The Morgan fingerprint density at radius 2 is 1.97 bits per heavy atom. The van der Waals surface area contributed by atoms with E-state index in [2.05, 4.69) is 41.1 Å². The molecule has 7 nitrogen and oxygen atoms in total. The molecule has 0 aliphatic carbocycles. The molecule has 0 radical (unpaired) electrons. The fourth-order valence-corrected chi connectivity index (χ4v) is 5.71. The Balaban J connectivity index is 1.56. The maximum absolute atomic E-state index is 13.5. The van der Waals surface area contributed by atoms with Gasteiger partial charge in [0, 0.05) is 49.6 Å². The summed E-state index contributed by atoms with van der Waals surface area (Å²) in [6.07, 6.45) is 3.07. The van der Waals surface area contributed by atoms with E-state index in [1.54, 1.807) is 12.1 Å². The normalized spacial score (nSPS) is 19.7. The predicted molar refractivity (Wildman–Crippen MR) is 139 cm³/mol. The lowest BCUT2D eigenvalue weighted by molar-refractivity contribution is 0.297. The molecule has 4 heterocycles. The van der Waals surface area contributed by atoms with Crippen molar-refractivity contribution in [2.75, 3.05) is 37.6 Å². The molecular weight excluding hydrogens is 461 g/mol. The first-order valence-electron chi connectivity index (χ1n) is 12.0. The number of rotatable bonds is 6. The van der Waals surface area contributed by atoms with Crippen molar-refractivity contribution in [3.63, 3.8) is 0 Å². The van der Waals surface area contributed by atoms with Gasteiger partial charge in [-0.3, -0.25) is 4.99 Å². The monoisotopic (exact) mass is 489 g/mol. The zero-order valence-electron chi connectivity index (χ0n) is 20.2. The summed E-state index contributed by atoms with van der Waals surface area (Å²) in [5.74, 6) is 0.682. The van der Waals surface area contributed by atoms with Crippen molar-refractivity contribution < 1.29 is 4.39 Å². The summed E-state index contributed by atoms with van der Waals surface area (Å²) in [5, 5.41) is 13.9. The summed E-state index contributed by atoms with van der Waals surface area (Å²) >= 11 is 1.36. The summed E-state index contributed by atoms with van der Waals surface area (Å²) in [5.41, 5.74) is 5.39. The van der Waals surface area contributed by atoms with Crippen molar-refractivity contribution in [2.45, 2.75) is 33.2 Å². The largest absolute Gasteiger partial charge is 0.353 e. The van der Waals surface area contributed by atoms with Crippen LogP contribution in [0, 0.1) is 17.1 Å². The second-order valence-corrected chi connectivity index (χ2v) is 9.66. The zero-order chi connectivity index (χ0) is 24.5. The average Bonchev–Trinajstić information content (AvgIpc) is 3.46. The first kappa shape index (κ1) is 23.4. The van der Waals surface area contributed by atoms with Crippen LogP contribution in [0.2, 0.25) is 0 Å². The van der Waals surface area contributed by atoms with Crippen molar-refractivity contribution in [1.82, 2.24) is 15.2 Å². The molecule has 1 aromatic carbocycles. The molecule has 3 aliphatic rings. The van der Waals surface area contributed by atoms with Gasteiger partial charge in [0.15, 0.2) is 5.13 Å². The van der Waals surface area contributed by atoms with Crippen LogP contribution >= 0.6 is 11.3 Å². The number of nitrogens with one attached hydrogen (secondary N) is 1. The van der Waals surface area contributed by atoms with Gasteiger partial charge < -0.3 is 15.1 Å². The zero-order valence-corrected chi connectivity index (χ0v) is 21.0. The van der Waals surface area contributed by atoms with Crippen molar-refractivity contribution in [1.29, 1.82) is 5.26 Å². The van der Waals surface area contributed by atoms with Crippen LogP contribution < -0.4 is 10.2 Å². The number of aliphatic imine (C=N–C) groups is 2. The van der Waals surface area contributed by atoms with Crippen molar-refractivity contribution in [3.8, 4) is 17.3 Å². The number of anilines is 1. The number of likely N-dealkylation sites (N-methyl/N-ethyl adjacent to an activating group) is 1. The molecule has 1 unspecified atom stereocenters. The van der Waals surface area contributed by atoms with Crippen LogP contribution in [0.3, 0.4) is 0 Å². The average molecular weight is 490 g/mol. The summed E-state index contributed by atoms with van der Waals surface area (Å²) in [6, 6.07) is 8.38. The van der Waals surface area contributed by atoms with Gasteiger partial charge >= 0.3 is 0 Å². The van der Waals surface area contributed by atoms with Crippen LogP contribution in [-0.4, -0.2) is 60.1 Å². The van der Waals surface area contributed by atoms with Gasteiger partial charge in [-0.25, -0.2) is 14.4 Å². The van der Waals surface area contributed by atoms with Gasteiger partial charge in [-0.1, -0.05) is 18.3 Å². The Kier molecular flexibility index (Phi) is 6.50. The van der Waals surface area contributed by atoms with E-state index in [1.807, 2.05) is 6.92 Å². The molecule has 0 bridgehead atoms. The molecule has 1 saturated heterocycles. The lowest BCUT2D eigenvalue weighted by atomic mass is 9.98. The number of halogens is 1. The highest BCUT2D eigenvalue weighted by Gasteiger charge is 2.33. The number of benzene rings is 1. The quantitative estimate of drug-likeness (QED) is 0.652. The molecule has 1 N–H and O–H groups in total. The maximum atomic E-state index is 13.5. The van der Waals surface area contributed by atoms with Gasteiger partial charge in [-0.05, 0) is 50.6 Å². The highest BCUT2D eigenvalue weighted by Crippen LogP contribution is 2.38. The number of thiazole rings is 1. The molecule has 0 spiro atoms. The standard InChI is InChI=1S/C26H28FN7S/c1-4-20-21(14-19-23(31-20)16(3)30-25(19)33-12-10-29-11-13-33)34(5-2)26-32-24(22(15-28)35-26)17-6-8-18(27)9-7-17/h6-9,14,20,29H,4-5,10-13H2,1-3H3. The molecule has 0 saturated carbocycles. The number of hydrogen-bond acceptors (Lipinski definition) is 8. The number of allylic oxidation sites excluding steroid dienone is 2. The van der Waals surface area contributed by atoms with E-state index < -0.39 is 0 Å². The van der Waals surface area contributed by atoms with Gasteiger partial charge in [0.1, 0.15) is 28.3 Å². The van der Waals surface area contributed by atoms with E-state index in [0.29, 0.717) is 17.1 Å². The molecule has 1 atom stereocenters. The van der Waals surface area contributed by atoms with E-state index in [0.717, 1.165) is 71.8 Å². The summed E-state index contributed by atoms with van der Waals surface area (Å²) in [4.78, 5) is 19.9. The van der Waals surface area contributed by atoms with Crippen molar-refractivity contribution in [3.05, 3.63) is 58.1 Å². The summed E-state index contributed by atoms with van der Waals surface area (Å²) in [7, 11) is 0. The van der Waals surface area contributed by atoms with Crippen LogP contribution in [0.5, 0.6) is 0 Å². The van der Waals surface area contributed by atoms with E-state index in [-0.39, 0.29) is 11.9 Å². The second-order valence-electron chi connectivity index (χ2n) is 8.68. The van der Waals surface area contributed by atoms with Crippen LogP contribution in [0.25, 0.3) is 11.3 Å². The topological polar surface area (TPSA) is 79.9 Å². The minimum atomic E-state index is -0.313. The van der Waals surface area contributed by atoms with E-state index in [9.17, 15) is 9.65 Å². The van der Waals surface area contributed by atoms with Gasteiger partial charge in [-0.15, -0.1) is 0 Å². The number of nitrogens with zero attached hydrogens (tertiary/aromatic N) is 6. The van der Waals surface area contributed by atoms with Gasteiger partial charge in [0.2, 0.25) is 0 Å². The van der Waals surface area contributed by atoms with Gasteiger partial charge in [-0.2, -0.15) is 5.26 Å². The molecule has 1 fully saturated rings. The fraction of sp³-hybridized carbons (Fsp3) is 0.385. The number of piperazine rings is 1. The molecule has 3 aliphatic heterocycles. The number of fused-ring (bicyclic) bond motifs is 1. The lowest BCUT2D eigenvalue weighted by Gasteiger charge is -2.32. The Hall–Kier alpha value is -3.35. The van der Waals surface area contributed by atoms with Crippen LogP contribution in [-0.2, 0) is 0 Å². The van der Waals surface area contributed by atoms with Crippen molar-refractivity contribution in [2.24, 2.45) is 9.98 Å². The summed E-state index contributed by atoms with van der Waals surface area (Å²) in [6.45, 7) is 10.6. The van der Waals surface area contributed by atoms with Crippen LogP contribution in [0.15, 0.2) is 57.4 Å².